The van der Waals surface area contributed by atoms with E-state index in [1.807, 2.05) is 6.92 Å². The molecule has 0 unspecified atom stereocenters. The highest BCUT2D eigenvalue weighted by Gasteiger charge is 2.27. The van der Waals surface area contributed by atoms with E-state index in [9.17, 15) is 18.0 Å². The summed E-state index contributed by atoms with van der Waals surface area (Å²) < 4.78 is 32.1. The van der Waals surface area contributed by atoms with Crippen molar-refractivity contribution < 1.29 is 22.7 Å². The highest BCUT2D eigenvalue weighted by atomic mass is 32.2. The van der Waals surface area contributed by atoms with Crippen molar-refractivity contribution in [3.63, 3.8) is 0 Å². The summed E-state index contributed by atoms with van der Waals surface area (Å²) in [5, 5.41) is 5.34. The number of rotatable bonds is 7. The van der Waals surface area contributed by atoms with Crippen LogP contribution in [0, 0.1) is 6.92 Å². The molecule has 1 aromatic carbocycles. The first-order valence-corrected chi connectivity index (χ1v) is 10.5. The van der Waals surface area contributed by atoms with E-state index >= 15 is 0 Å². The first-order chi connectivity index (χ1) is 12.8. The Kier molecular flexibility index (Phi) is 7.34. The minimum atomic E-state index is -3.70. The van der Waals surface area contributed by atoms with E-state index in [4.69, 9.17) is 4.74 Å². The lowest BCUT2D eigenvalue weighted by atomic mass is 10.1. The molecule has 1 saturated heterocycles. The number of hydrogen-bond acceptors (Lipinski definition) is 5. The zero-order chi connectivity index (χ0) is 20.0. The molecule has 2 rings (SSSR count). The second-order valence-corrected chi connectivity index (χ2v) is 8.42. The predicted octanol–water partition coefficient (Wildman–Crippen LogP) is 0.660. The number of nitrogens with zero attached hydrogens (tertiary/aromatic N) is 1. The van der Waals surface area contributed by atoms with Gasteiger partial charge >= 0.3 is 0 Å². The zero-order valence-electron chi connectivity index (χ0n) is 15.9. The average molecular weight is 397 g/mol. The molecule has 0 aliphatic carbocycles. The summed E-state index contributed by atoms with van der Waals surface area (Å²) in [6.45, 7) is 7.05. The van der Waals surface area contributed by atoms with Gasteiger partial charge in [0.15, 0.2) is 0 Å². The molecule has 27 heavy (non-hydrogen) atoms. The van der Waals surface area contributed by atoms with Crippen LogP contribution < -0.4 is 10.6 Å². The Morgan fingerprint density at radius 2 is 1.93 bits per heavy atom. The highest BCUT2D eigenvalue weighted by molar-refractivity contribution is 7.89. The molecule has 1 aliphatic rings. The van der Waals surface area contributed by atoms with Gasteiger partial charge in [0.05, 0.1) is 18.1 Å². The standard InChI is InChI=1S/C18H27N3O5S/c1-4-7-19-17(22)14(3)20-18(23)16-12-15(6-5-13(16)2)27(24,25)21-8-10-26-11-9-21/h5-6,12,14H,4,7-11H2,1-3H3,(H,19,22)(H,20,23)/t14-/m0/s1. The van der Waals surface area contributed by atoms with Gasteiger partial charge in [0.2, 0.25) is 15.9 Å². The van der Waals surface area contributed by atoms with E-state index in [0.717, 1.165) is 6.42 Å². The zero-order valence-corrected chi connectivity index (χ0v) is 16.8. The van der Waals surface area contributed by atoms with Crippen molar-refractivity contribution in [3.05, 3.63) is 29.3 Å². The molecular weight excluding hydrogens is 370 g/mol. The Bertz CT molecular complexity index is 788. The Hall–Kier alpha value is -1.97. The molecule has 2 N–H and O–H groups in total. The molecule has 8 nitrogen and oxygen atoms in total. The van der Waals surface area contributed by atoms with Crippen molar-refractivity contribution in [3.8, 4) is 0 Å². The molecule has 0 bridgehead atoms. The number of aryl methyl sites for hydroxylation is 1. The summed E-state index contributed by atoms with van der Waals surface area (Å²) in [6.07, 6.45) is 0.799. The maximum Gasteiger partial charge on any atom is 0.252 e. The molecular formula is C18H27N3O5S. The van der Waals surface area contributed by atoms with Crippen molar-refractivity contribution in [2.24, 2.45) is 0 Å². The third-order valence-corrected chi connectivity index (χ3v) is 6.25. The van der Waals surface area contributed by atoms with Crippen molar-refractivity contribution in [1.82, 2.24) is 14.9 Å². The lowest BCUT2D eigenvalue weighted by Crippen LogP contribution is -2.45. The number of amides is 2. The summed E-state index contributed by atoms with van der Waals surface area (Å²) in [5.74, 6) is -0.759. The van der Waals surface area contributed by atoms with Gasteiger partial charge in [0.1, 0.15) is 6.04 Å². The molecule has 0 radical (unpaired) electrons. The summed E-state index contributed by atoms with van der Waals surface area (Å²) in [6, 6.07) is 3.74. The fourth-order valence-corrected chi connectivity index (χ4v) is 4.12. The van der Waals surface area contributed by atoms with E-state index in [-0.39, 0.29) is 29.5 Å². The molecule has 1 aliphatic heterocycles. The lowest BCUT2D eigenvalue weighted by Gasteiger charge is -2.26. The molecule has 1 heterocycles. The quantitative estimate of drug-likeness (QED) is 0.703. The van der Waals surface area contributed by atoms with Gasteiger partial charge in [-0.1, -0.05) is 13.0 Å². The molecule has 0 aromatic heterocycles. The topological polar surface area (TPSA) is 105 Å². The number of nitrogens with one attached hydrogen (secondary N) is 2. The van der Waals surface area contributed by atoms with Crippen LogP contribution in [0.2, 0.25) is 0 Å². The second-order valence-electron chi connectivity index (χ2n) is 6.48. The van der Waals surface area contributed by atoms with Crippen LogP contribution in [0.5, 0.6) is 0 Å². The van der Waals surface area contributed by atoms with Crippen LogP contribution >= 0.6 is 0 Å². The minimum absolute atomic E-state index is 0.0586. The number of carbonyl (C=O) groups excluding carboxylic acids is 2. The SMILES string of the molecule is CCCNC(=O)[C@H](C)NC(=O)c1cc(S(=O)(=O)N2CCOCC2)ccc1C. The molecule has 9 heteroatoms. The summed E-state index contributed by atoms with van der Waals surface area (Å²) >= 11 is 0. The number of sulfonamides is 1. The van der Waals surface area contributed by atoms with E-state index in [1.165, 1.54) is 16.4 Å². The third kappa shape index (κ3) is 5.27. The summed E-state index contributed by atoms with van der Waals surface area (Å²) in [7, 11) is -3.70. The molecule has 0 saturated carbocycles. The van der Waals surface area contributed by atoms with Crippen LogP contribution in [0.3, 0.4) is 0 Å². The molecule has 150 valence electrons. The van der Waals surface area contributed by atoms with Gasteiger partial charge in [0, 0.05) is 25.2 Å². The number of morpholine rings is 1. The Morgan fingerprint density at radius 3 is 2.56 bits per heavy atom. The first-order valence-electron chi connectivity index (χ1n) is 9.04. The third-order valence-electron chi connectivity index (χ3n) is 4.35. The number of ether oxygens (including phenoxy) is 1. The van der Waals surface area contributed by atoms with Crippen LogP contribution in [0.4, 0.5) is 0 Å². The van der Waals surface area contributed by atoms with Gasteiger partial charge in [-0.25, -0.2) is 8.42 Å². The Balaban J connectivity index is 2.19. The highest BCUT2D eigenvalue weighted by Crippen LogP contribution is 2.20. The van der Waals surface area contributed by atoms with Gasteiger partial charge in [-0.2, -0.15) is 4.31 Å². The monoisotopic (exact) mass is 397 g/mol. The first kappa shape index (κ1) is 21.3. The maximum atomic E-state index is 12.8. The normalized spacial score (nSPS) is 16.6. The van der Waals surface area contributed by atoms with Crippen molar-refractivity contribution >= 4 is 21.8 Å². The molecule has 2 amide bonds. The van der Waals surface area contributed by atoms with Crippen LogP contribution in [0.15, 0.2) is 23.1 Å². The predicted molar refractivity (Wildman–Crippen MR) is 101 cm³/mol. The van der Waals surface area contributed by atoms with Crippen LogP contribution in [0.1, 0.15) is 36.2 Å². The molecule has 1 aromatic rings. The largest absolute Gasteiger partial charge is 0.379 e. The average Bonchev–Trinajstić information content (AvgIpc) is 2.66. The number of benzene rings is 1. The summed E-state index contributed by atoms with van der Waals surface area (Å²) in [5.41, 5.74) is 0.870. The van der Waals surface area contributed by atoms with Crippen molar-refractivity contribution in [1.29, 1.82) is 0 Å². The van der Waals surface area contributed by atoms with Crippen LogP contribution in [-0.4, -0.2) is 63.4 Å². The van der Waals surface area contributed by atoms with Gasteiger partial charge in [-0.05, 0) is 38.0 Å². The van der Waals surface area contributed by atoms with Gasteiger partial charge in [0.25, 0.3) is 5.91 Å². The van der Waals surface area contributed by atoms with Crippen LogP contribution in [0.25, 0.3) is 0 Å². The van der Waals surface area contributed by atoms with Gasteiger partial charge in [-0.3, -0.25) is 9.59 Å². The molecule has 0 spiro atoms. The molecule has 1 fully saturated rings. The van der Waals surface area contributed by atoms with Crippen LogP contribution in [-0.2, 0) is 19.6 Å². The van der Waals surface area contributed by atoms with E-state index in [1.54, 1.807) is 19.9 Å². The van der Waals surface area contributed by atoms with Crippen molar-refractivity contribution in [2.75, 3.05) is 32.8 Å². The second kappa shape index (κ2) is 9.29. The number of hydrogen-bond donors (Lipinski definition) is 2. The Labute approximate surface area is 160 Å². The maximum absolute atomic E-state index is 12.8. The van der Waals surface area contributed by atoms with E-state index < -0.39 is 22.0 Å². The fraction of sp³-hybridized carbons (Fsp3) is 0.556. The Morgan fingerprint density at radius 1 is 1.26 bits per heavy atom. The van der Waals surface area contributed by atoms with E-state index in [0.29, 0.717) is 25.3 Å². The van der Waals surface area contributed by atoms with Gasteiger partial charge < -0.3 is 15.4 Å². The van der Waals surface area contributed by atoms with E-state index in [2.05, 4.69) is 10.6 Å². The molecule has 1 atom stereocenters. The van der Waals surface area contributed by atoms with Gasteiger partial charge in [-0.15, -0.1) is 0 Å². The fourth-order valence-electron chi connectivity index (χ4n) is 2.68. The van der Waals surface area contributed by atoms with Crippen molar-refractivity contribution in [2.45, 2.75) is 38.1 Å². The number of carbonyl (C=O) groups is 2. The lowest BCUT2D eigenvalue weighted by molar-refractivity contribution is -0.122. The smallest absolute Gasteiger partial charge is 0.252 e. The minimum Gasteiger partial charge on any atom is -0.379 e. The summed E-state index contributed by atoms with van der Waals surface area (Å²) in [4.78, 5) is 24.6.